The Morgan fingerprint density at radius 3 is 2.62 bits per heavy atom. The number of carbonyl (C=O) groups is 1. The number of benzene rings is 1. The van der Waals surface area contributed by atoms with Crippen molar-refractivity contribution in [3.05, 3.63) is 92.6 Å². The number of nitrogens with zero attached hydrogens (tertiary/aromatic N) is 3. The van der Waals surface area contributed by atoms with Crippen LogP contribution in [0.25, 0.3) is 16.7 Å². The summed E-state index contributed by atoms with van der Waals surface area (Å²) in [5.41, 5.74) is 1.03. The molecule has 0 atom stereocenters. The normalized spacial score (nSPS) is 11.0. The summed E-state index contributed by atoms with van der Waals surface area (Å²) in [7, 11) is 1.40. The third-order valence-corrected chi connectivity index (χ3v) is 4.65. The lowest BCUT2D eigenvalue weighted by Gasteiger charge is -2.12. The van der Waals surface area contributed by atoms with Gasteiger partial charge >= 0.3 is 5.69 Å². The van der Waals surface area contributed by atoms with E-state index >= 15 is 0 Å². The Kier molecular flexibility index (Phi) is 4.59. The van der Waals surface area contributed by atoms with Crippen molar-refractivity contribution in [1.82, 2.24) is 19.4 Å². The molecule has 0 unspecified atom stereocenters. The Hall–Kier alpha value is -3.94. The fourth-order valence-electron chi connectivity index (χ4n) is 3.03. The maximum absolute atomic E-state index is 12.7. The lowest BCUT2D eigenvalue weighted by Crippen LogP contribution is -2.38. The maximum Gasteiger partial charge on any atom is 0.337 e. The zero-order valence-electron chi connectivity index (χ0n) is 15.9. The number of furan rings is 1. The third kappa shape index (κ3) is 3.36. The largest absolute Gasteiger partial charge is 0.467 e. The van der Waals surface area contributed by atoms with E-state index in [1.807, 2.05) is 19.1 Å². The van der Waals surface area contributed by atoms with Gasteiger partial charge in [-0.2, -0.15) is 0 Å². The molecular formula is C21H18N4O4. The summed E-state index contributed by atoms with van der Waals surface area (Å²) in [6, 6.07) is 12.2. The summed E-state index contributed by atoms with van der Waals surface area (Å²) in [6.45, 7) is 2.15. The number of pyridine rings is 1. The van der Waals surface area contributed by atoms with Crippen LogP contribution in [0.15, 0.2) is 68.9 Å². The molecule has 0 saturated heterocycles. The second-order valence-corrected chi connectivity index (χ2v) is 6.67. The molecule has 0 aliphatic rings. The molecule has 0 radical (unpaired) electrons. The fraction of sp³-hybridized carbons (Fsp3) is 0.143. The van der Waals surface area contributed by atoms with Crippen LogP contribution in [0.2, 0.25) is 0 Å². The monoisotopic (exact) mass is 390 g/mol. The number of hydrogen-bond acceptors (Lipinski definition) is 5. The van der Waals surface area contributed by atoms with Crippen molar-refractivity contribution in [2.45, 2.75) is 13.5 Å². The molecular weight excluding hydrogens is 372 g/mol. The van der Waals surface area contributed by atoms with Gasteiger partial charge in [-0.1, -0.05) is 17.7 Å². The number of aromatic nitrogens is 3. The van der Waals surface area contributed by atoms with Crippen molar-refractivity contribution in [2.24, 2.45) is 7.05 Å². The van der Waals surface area contributed by atoms with Crippen LogP contribution in [0.4, 0.5) is 0 Å². The molecule has 3 aromatic heterocycles. The standard InChI is InChI=1S/C21H18N4O4/c1-13-5-7-15(8-6-13)25-18-17(20(27)24(2)21(25)28)10-14(11-22-18)19(26)23-12-16-4-3-9-29-16/h3-11H,12H2,1-2H3,(H,23,26). The number of hydrogen-bond donors (Lipinski definition) is 1. The molecule has 8 nitrogen and oxygen atoms in total. The zero-order chi connectivity index (χ0) is 20.5. The second-order valence-electron chi connectivity index (χ2n) is 6.67. The molecule has 1 aromatic carbocycles. The molecule has 4 rings (SSSR count). The van der Waals surface area contributed by atoms with Crippen molar-refractivity contribution in [2.75, 3.05) is 0 Å². The van der Waals surface area contributed by atoms with Crippen LogP contribution in [0.3, 0.4) is 0 Å². The van der Waals surface area contributed by atoms with Crippen molar-refractivity contribution in [3.63, 3.8) is 0 Å². The highest BCUT2D eigenvalue weighted by Crippen LogP contribution is 2.14. The Labute approximate surface area is 165 Å². The number of amides is 1. The van der Waals surface area contributed by atoms with E-state index in [0.29, 0.717) is 11.4 Å². The molecule has 0 spiro atoms. The molecule has 3 heterocycles. The minimum atomic E-state index is -0.512. The first-order chi connectivity index (χ1) is 14.0. The summed E-state index contributed by atoms with van der Waals surface area (Å²) in [5, 5.41) is 2.89. The van der Waals surface area contributed by atoms with Gasteiger partial charge in [-0.3, -0.25) is 14.2 Å². The van der Waals surface area contributed by atoms with Gasteiger partial charge in [-0.15, -0.1) is 0 Å². The molecule has 0 aliphatic heterocycles. The van der Waals surface area contributed by atoms with Crippen molar-refractivity contribution >= 4 is 16.9 Å². The van der Waals surface area contributed by atoms with Crippen LogP contribution in [-0.4, -0.2) is 20.0 Å². The molecule has 0 aliphatic carbocycles. The van der Waals surface area contributed by atoms with E-state index in [1.165, 1.54) is 30.1 Å². The first-order valence-corrected chi connectivity index (χ1v) is 8.95. The van der Waals surface area contributed by atoms with E-state index in [9.17, 15) is 14.4 Å². The maximum atomic E-state index is 12.7. The van der Waals surface area contributed by atoms with E-state index < -0.39 is 17.2 Å². The van der Waals surface area contributed by atoms with Gasteiger partial charge in [0.25, 0.3) is 11.5 Å². The highest BCUT2D eigenvalue weighted by molar-refractivity contribution is 5.96. The van der Waals surface area contributed by atoms with Crippen LogP contribution in [0, 0.1) is 6.92 Å². The zero-order valence-corrected chi connectivity index (χ0v) is 15.9. The Bertz CT molecular complexity index is 1320. The minimum Gasteiger partial charge on any atom is -0.467 e. The highest BCUT2D eigenvalue weighted by Gasteiger charge is 2.16. The predicted octanol–water partition coefficient (Wildman–Crippen LogP) is 1.92. The Balaban J connectivity index is 1.80. The lowest BCUT2D eigenvalue weighted by atomic mass is 10.2. The van der Waals surface area contributed by atoms with Crippen molar-refractivity contribution < 1.29 is 9.21 Å². The van der Waals surface area contributed by atoms with E-state index in [-0.39, 0.29) is 23.1 Å². The van der Waals surface area contributed by atoms with Gasteiger partial charge in [0.2, 0.25) is 0 Å². The van der Waals surface area contributed by atoms with Crippen LogP contribution in [0.5, 0.6) is 0 Å². The number of fused-ring (bicyclic) bond motifs is 1. The predicted molar refractivity (Wildman–Crippen MR) is 107 cm³/mol. The number of carbonyl (C=O) groups excluding carboxylic acids is 1. The first-order valence-electron chi connectivity index (χ1n) is 8.95. The Morgan fingerprint density at radius 2 is 1.93 bits per heavy atom. The van der Waals surface area contributed by atoms with Gasteiger partial charge in [0.15, 0.2) is 5.65 Å². The molecule has 0 saturated carbocycles. The van der Waals surface area contributed by atoms with Crippen LogP contribution in [0.1, 0.15) is 21.7 Å². The molecule has 1 amide bonds. The Morgan fingerprint density at radius 1 is 1.17 bits per heavy atom. The summed E-state index contributed by atoms with van der Waals surface area (Å²) in [6.07, 6.45) is 2.87. The minimum absolute atomic E-state index is 0.179. The van der Waals surface area contributed by atoms with Gasteiger partial charge in [0.05, 0.1) is 29.4 Å². The van der Waals surface area contributed by atoms with Gasteiger partial charge in [-0.25, -0.2) is 14.3 Å². The van der Waals surface area contributed by atoms with Gasteiger partial charge in [0, 0.05) is 13.2 Å². The van der Waals surface area contributed by atoms with E-state index in [4.69, 9.17) is 4.42 Å². The number of aryl methyl sites for hydroxylation is 1. The van der Waals surface area contributed by atoms with Crippen LogP contribution < -0.4 is 16.6 Å². The highest BCUT2D eigenvalue weighted by atomic mass is 16.3. The molecule has 4 aromatic rings. The smallest absolute Gasteiger partial charge is 0.337 e. The summed E-state index contributed by atoms with van der Waals surface area (Å²) < 4.78 is 7.56. The quantitative estimate of drug-likeness (QED) is 0.574. The summed E-state index contributed by atoms with van der Waals surface area (Å²) >= 11 is 0. The third-order valence-electron chi connectivity index (χ3n) is 4.65. The molecule has 29 heavy (non-hydrogen) atoms. The average Bonchev–Trinajstić information content (AvgIpc) is 3.25. The number of rotatable bonds is 4. The SMILES string of the molecule is Cc1ccc(-n2c(=O)n(C)c(=O)c3cc(C(=O)NCc4ccco4)cnc32)cc1. The van der Waals surface area contributed by atoms with E-state index in [0.717, 1.165) is 10.1 Å². The van der Waals surface area contributed by atoms with Crippen LogP contribution >= 0.6 is 0 Å². The van der Waals surface area contributed by atoms with E-state index in [1.54, 1.807) is 24.3 Å². The van der Waals surface area contributed by atoms with Gasteiger partial charge < -0.3 is 9.73 Å². The molecule has 1 N–H and O–H groups in total. The topological polar surface area (TPSA) is 99.1 Å². The fourth-order valence-corrected chi connectivity index (χ4v) is 3.03. The summed E-state index contributed by atoms with van der Waals surface area (Å²) in [4.78, 5) is 42.2. The lowest BCUT2D eigenvalue weighted by molar-refractivity contribution is 0.0948. The second kappa shape index (κ2) is 7.23. The molecule has 0 bridgehead atoms. The molecule has 146 valence electrons. The molecule has 8 heteroatoms. The molecule has 0 fully saturated rings. The van der Waals surface area contributed by atoms with Crippen LogP contribution in [-0.2, 0) is 13.6 Å². The number of nitrogens with one attached hydrogen (secondary N) is 1. The summed E-state index contributed by atoms with van der Waals surface area (Å²) in [5.74, 6) is 0.210. The van der Waals surface area contributed by atoms with Crippen molar-refractivity contribution in [1.29, 1.82) is 0 Å². The van der Waals surface area contributed by atoms with Crippen molar-refractivity contribution in [3.8, 4) is 5.69 Å². The van der Waals surface area contributed by atoms with Gasteiger partial charge in [0.1, 0.15) is 5.76 Å². The van der Waals surface area contributed by atoms with E-state index in [2.05, 4.69) is 10.3 Å². The first kappa shape index (κ1) is 18.4. The van der Waals surface area contributed by atoms with Gasteiger partial charge in [-0.05, 0) is 37.3 Å². The average molecular weight is 390 g/mol.